The standard InChI is InChI=1S/C21H17N5O9S/c1-3-34-17-8-12(11-22-24-21-23-20(28)18(36-21)10-19(27)33-2)4-6-16(17)35-15-7-5-13(25(29)30)9-14(15)26(31)32/h4-11H,3H2,1-2H3,(H,23,24,28)/b18-10+,22-11?. The summed E-state index contributed by atoms with van der Waals surface area (Å²) in [5.74, 6) is -1.03. The van der Waals surface area contributed by atoms with Crippen molar-refractivity contribution in [1.29, 1.82) is 0 Å². The summed E-state index contributed by atoms with van der Waals surface area (Å²) in [5.41, 5.74) is -0.505. The largest absolute Gasteiger partial charge is 0.490 e. The average molecular weight is 515 g/mol. The third-order valence-electron chi connectivity index (χ3n) is 4.29. The normalized spacial score (nSPS) is 15.2. The van der Waals surface area contributed by atoms with E-state index >= 15 is 0 Å². The van der Waals surface area contributed by atoms with E-state index in [1.54, 1.807) is 19.1 Å². The lowest BCUT2D eigenvalue weighted by Crippen LogP contribution is -2.19. The summed E-state index contributed by atoms with van der Waals surface area (Å²) in [5, 5.41) is 32.7. The van der Waals surface area contributed by atoms with Gasteiger partial charge in [-0.25, -0.2) is 4.79 Å². The topological polar surface area (TPSA) is 185 Å². The molecule has 1 N–H and O–H groups in total. The molecule has 1 saturated heterocycles. The maximum atomic E-state index is 11.8. The number of amidine groups is 1. The van der Waals surface area contributed by atoms with Crippen molar-refractivity contribution in [2.75, 3.05) is 13.7 Å². The number of hydrogen-bond donors (Lipinski definition) is 1. The summed E-state index contributed by atoms with van der Waals surface area (Å²) in [4.78, 5) is 44.0. The van der Waals surface area contributed by atoms with Crippen molar-refractivity contribution in [3.8, 4) is 17.2 Å². The summed E-state index contributed by atoms with van der Waals surface area (Å²) in [7, 11) is 1.19. The van der Waals surface area contributed by atoms with Crippen LogP contribution in [0.1, 0.15) is 12.5 Å². The third-order valence-corrected chi connectivity index (χ3v) is 5.19. The Kier molecular flexibility index (Phi) is 8.30. The van der Waals surface area contributed by atoms with E-state index in [0.717, 1.165) is 36.0 Å². The van der Waals surface area contributed by atoms with E-state index < -0.39 is 33.1 Å². The van der Waals surface area contributed by atoms with Crippen LogP contribution in [-0.2, 0) is 14.3 Å². The van der Waals surface area contributed by atoms with E-state index in [4.69, 9.17) is 9.47 Å². The van der Waals surface area contributed by atoms with Crippen LogP contribution in [0.5, 0.6) is 17.2 Å². The van der Waals surface area contributed by atoms with Gasteiger partial charge in [0.1, 0.15) is 0 Å². The number of carbonyl (C=O) groups is 2. The average Bonchev–Trinajstić information content (AvgIpc) is 3.19. The first kappa shape index (κ1) is 25.8. The summed E-state index contributed by atoms with van der Waals surface area (Å²) >= 11 is 0.913. The minimum absolute atomic E-state index is 0.108. The lowest BCUT2D eigenvalue weighted by Gasteiger charge is -2.12. The zero-order chi connectivity index (χ0) is 26.2. The molecule has 36 heavy (non-hydrogen) atoms. The number of nitrogens with one attached hydrogen (secondary N) is 1. The Morgan fingerprint density at radius 3 is 2.53 bits per heavy atom. The highest BCUT2D eigenvalue weighted by molar-refractivity contribution is 8.18. The highest BCUT2D eigenvalue weighted by Crippen LogP contribution is 2.38. The van der Waals surface area contributed by atoms with Crippen molar-refractivity contribution in [2.45, 2.75) is 6.92 Å². The fourth-order valence-corrected chi connectivity index (χ4v) is 3.45. The number of nitro groups is 2. The van der Waals surface area contributed by atoms with Gasteiger partial charge in [0.05, 0.1) is 40.7 Å². The second kappa shape index (κ2) is 11.6. The zero-order valence-electron chi connectivity index (χ0n) is 18.7. The Morgan fingerprint density at radius 1 is 1.11 bits per heavy atom. The predicted molar refractivity (Wildman–Crippen MR) is 128 cm³/mol. The molecule has 0 saturated carbocycles. The predicted octanol–water partition coefficient (Wildman–Crippen LogP) is 3.30. The fraction of sp³-hybridized carbons (Fsp3) is 0.143. The van der Waals surface area contributed by atoms with Gasteiger partial charge in [0.2, 0.25) is 5.75 Å². The van der Waals surface area contributed by atoms with Crippen molar-refractivity contribution >= 4 is 46.4 Å². The minimum atomic E-state index is -0.783. The van der Waals surface area contributed by atoms with Gasteiger partial charge in [-0.3, -0.25) is 30.3 Å². The van der Waals surface area contributed by atoms with Crippen LogP contribution < -0.4 is 14.8 Å². The van der Waals surface area contributed by atoms with Gasteiger partial charge in [0.25, 0.3) is 11.6 Å². The van der Waals surface area contributed by atoms with E-state index in [1.807, 2.05) is 0 Å². The van der Waals surface area contributed by atoms with Crippen LogP contribution in [0.15, 0.2) is 57.6 Å². The minimum Gasteiger partial charge on any atom is -0.490 e. The molecule has 1 fully saturated rings. The number of ether oxygens (including phenoxy) is 3. The second-order valence-electron chi connectivity index (χ2n) is 6.65. The molecule has 3 rings (SSSR count). The Hall–Kier alpha value is -4.79. The molecule has 1 aliphatic rings. The van der Waals surface area contributed by atoms with Crippen molar-refractivity contribution in [2.24, 2.45) is 10.2 Å². The van der Waals surface area contributed by atoms with Crippen LogP contribution in [0.2, 0.25) is 0 Å². The van der Waals surface area contributed by atoms with Crippen molar-refractivity contribution < 1.29 is 33.6 Å². The van der Waals surface area contributed by atoms with Crippen LogP contribution in [0.3, 0.4) is 0 Å². The van der Waals surface area contributed by atoms with Crippen LogP contribution in [0, 0.1) is 20.2 Å². The van der Waals surface area contributed by atoms with Crippen LogP contribution in [0.4, 0.5) is 11.4 Å². The molecule has 1 heterocycles. The molecule has 14 nitrogen and oxygen atoms in total. The Morgan fingerprint density at radius 2 is 1.86 bits per heavy atom. The molecule has 2 aromatic carbocycles. The summed E-state index contributed by atoms with van der Waals surface area (Å²) < 4.78 is 15.7. The second-order valence-corrected chi connectivity index (χ2v) is 7.68. The van der Waals surface area contributed by atoms with E-state index in [9.17, 15) is 29.8 Å². The zero-order valence-corrected chi connectivity index (χ0v) is 19.5. The summed E-state index contributed by atoms with van der Waals surface area (Å²) in [6.07, 6.45) is 2.40. The summed E-state index contributed by atoms with van der Waals surface area (Å²) in [6.45, 7) is 1.98. The molecule has 0 bridgehead atoms. The monoisotopic (exact) mass is 515 g/mol. The number of benzene rings is 2. The van der Waals surface area contributed by atoms with E-state index in [0.29, 0.717) is 5.56 Å². The molecule has 0 atom stereocenters. The highest BCUT2D eigenvalue weighted by atomic mass is 32.2. The Bertz CT molecular complexity index is 1320. The molecule has 15 heteroatoms. The van der Waals surface area contributed by atoms with Gasteiger partial charge in [0, 0.05) is 12.1 Å². The number of carbonyl (C=O) groups excluding carboxylic acids is 2. The number of hydrogen-bond acceptors (Lipinski definition) is 12. The molecule has 0 radical (unpaired) electrons. The van der Waals surface area contributed by atoms with Gasteiger partial charge in [0.15, 0.2) is 16.7 Å². The molecule has 186 valence electrons. The molecular weight excluding hydrogens is 498 g/mol. The molecule has 1 aliphatic heterocycles. The van der Waals surface area contributed by atoms with E-state index in [-0.39, 0.29) is 33.9 Å². The van der Waals surface area contributed by atoms with Crippen molar-refractivity contribution in [3.63, 3.8) is 0 Å². The maximum Gasteiger partial charge on any atom is 0.331 e. The Balaban J connectivity index is 1.81. The molecule has 1 amide bonds. The van der Waals surface area contributed by atoms with Gasteiger partial charge in [-0.1, -0.05) is 0 Å². The fourth-order valence-electron chi connectivity index (χ4n) is 2.71. The number of methoxy groups -OCH3 is 1. The van der Waals surface area contributed by atoms with Crippen molar-refractivity contribution in [3.05, 3.63) is 73.2 Å². The van der Waals surface area contributed by atoms with E-state index in [2.05, 4.69) is 20.3 Å². The van der Waals surface area contributed by atoms with Crippen LogP contribution in [0.25, 0.3) is 0 Å². The number of nitrogens with zero attached hydrogens (tertiary/aromatic N) is 4. The quantitative estimate of drug-likeness (QED) is 0.171. The summed E-state index contributed by atoms with van der Waals surface area (Å²) in [6, 6.07) is 7.63. The first-order valence-corrected chi connectivity index (χ1v) is 10.8. The lowest BCUT2D eigenvalue weighted by atomic mass is 10.2. The number of rotatable bonds is 9. The molecule has 0 spiro atoms. The SMILES string of the molecule is CCOc1cc(C=N/N=C2/NC(=O)/C(=C\C(=O)OC)S2)ccc1Oc1ccc([N+](=O)[O-])cc1[N+](=O)[O-]. The number of nitro benzene ring substituents is 2. The van der Waals surface area contributed by atoms with Crippen molar-refractivity contribution in [1.82, 2.24) is 5.32 Å². The molecular formula is C21H17N5O9S. The lowest BCUT2D eigenvalue weighted by molar-refractivity contribution is -0.394. The van der Waals surface area contributed by atoms with E-state index in [1.165, 1.54) is 19.4 Å². The Labute approximate surface area is 206 Å². The smallest absolute Gasteiger partial charge is 0.331 e. The first-order valence-electron chi connectivity index (χ1n) is 9.99. The maximum absolute atomic E-state index is 11.8. The number of thioether (sulfide) groups is 1. The molecule has 2 aromatic rings. The van der Waals surface area contributed by atoms with Crippen LogP contribution in [-0.4, -0.2) is 46.8 Å². The third kappa shape index (κ3) is 6.41. The van der Waals surface area contributed by atoms with Gasteiger partial charge in [-0.15, -0.1) is 5.10 Å². The van der Waals surface area contributed by atoms with Gasteiger partial charge < -0.3 is 14.2 Å². The highest BCUT2D eigenvalue weighted by Gasteiger charge is 2.25. The number of amides is 1. The number of esters is 1. The van der Waals surface area contributed by atoms with Gasteiger partial charge in [-0.05, 0) is 48.5 Å². The first-order chi connectivity index (χ1) is 17.2. The van der Waals surface area contributed by atoms with Gasteiger partial charge >= 0.3 is 11.7 Å². The molecule has 0 aromatic heterocycles. The number of non-ortho nitro benzene ring substituents is 1. The van der Waals surface area contributed by atoms with Gasteiger partial charge in [-0.2, -0.15) is 5.10 Å². The molecule has 0 aliphatic carbocycles. The van der Waals surface area contributed by atoms with Crippen LogP contribution >= 0.6 is 11.8 Å². The molecule has 0 unspecified atom stereocenters.